The molecule has 0 spiro atoms. The van der Waals surface area contributed by atoms with Crippen LogP contribution >= 0.6 is 0 Å². The number of hydrogen-bond donors (Lipinski definition) is 2. The van der Waals surface area contributed by atoms with Gasteiger partial charge in [-0.05, 0) is 30.2 Å². The standard InChI is InChI=1S/C22H25N3O5/c1-30-13-5-10-25-20(27)18-9-8-17(14-19(18)21(25)28)23-22(29)24(11-12-26)15-16-6-3-2-4-7-16/h2-4,6-9,14,26H,5,10-13,15H2,1H3,(H,23,29). The number of rotatable bonds is 9. The first kappa shape index (κ1) is 21.5. The van der Waals surface area contributed by atoms with E-state index in [0.717, 1.165) is 5.56 Å². The third-order valence-corrected chi connectivity index (χ3v) is 4.83. The number of carbonyl (C=O) groups excluding carboxylic acids is 3. The molecule has 8 heteroatoms. The van der Waals surface area contributed by atoms with E-state index in [4.69, 9.17) is 4.74 Å². The normalized spacial score (nSPS) is 12.8. The van der Waals surface area contributed by atoms with Crippen LogP contribution in [0.1, 0.15) is 32.7 Å². The van der Waals surface area contributed by atoms with Crippen molar-refractivity contribution >= 4 is 23.5 Å². The number of imide groups is 1. The zero-order valence-corrected chi connectivity index (χ0v) is 16.8. The van der Waals surface area contributed by atoms with Crippen molar-refractivity contribution in [2.24, 2.45) is 0 Å². The highest BCUT2D eigenvalue weighted by molar-refractivity contribution is 6.21. The number of aliphatic hydroxyl groups excluding tert-OH is 1. The molecule has 8 nitrogen and oxygen atoms in total. The molecule has 0 atom stereocenters. The largest absolute Gasteiger partial charge is 0.395 e. The van der Waals surface area contributed by atoms with E-state index >= 15 is 0 Å². The molecular weight excluding hydrogens is 386 g/mol. The highest BCUT2D eigenvalue weighted by atomic mass is 16.5. The lowest BCUT2D eigenvalue weighted by molar-refractivity contribution is 0.0638. The van der Waals surface area contributed by atoms with Gasteiger partial charge in [-0.3, -0.25) is 14.5 Å². The fraction of sp³-hybridized carbons (Fsp3) is 0.318. The van der Waals surface area contributed by atoms with E-state index in [-0.39, 0.29) is 37.1 Å². The fourth-order valence-corrected chi connectivity index (χ4v) is 3.32. The number of nitrogens with one attached hydrogen (secondary N) is 1. The summed E-state index contributed by atoms with van der Waals surface area (Å²) in [7, 11) is 1.56. The molecule has 2 aromatic rings. The molecule has 2 N–H and O–H groups in total. The zero-order chi connectivity index (χ0) is 21.5. The summed E-state index contributed by atoms with van der Waals surface area (Å²) < 4.78 is 4.98. The summed E-state index contributed by atoms with van der Waals surface area (Å²) in [6.07, 6.45) is 0.557. The summed E-state index contributed by atoms with van der Waals surface area (Å²) >= 11 is 0. The van der Waals surface area contributed by atoms with E-state index in [9.17, 15) is 19.5 Å². The minimum Gasteiger partial charge on any atom is -0.395 e. The average molecular weight is 411 g/mol. The minimum atomic E-state index is -0.401. The van der Waals surface area contributed by atoms with Crippen molar-refractivity contribution in [2.45, 2.75) is 13.0 Å². The van der Waals surface area contributed by atoms with Gasteiger partial charge in [0.25, 0.3) is 11.8 Å². The van der Waals surface area contributed by atoms with Crippen LogP contribution in [0.25, 0.3) is 0 Å². The van der Waals surface area contributed by atoms with Crippen molar-refractivity contribution < 1.29 is 24.2 Å². The van der Waals surface area contributed by atoms with E-state index < -0.39 is 6.03 Å². The Morgan fingerprint density at radius 1 is 1.10 bits per heavy atom. The molecule has 1 aliphatic rings. The van der Waals surface area contributed by atoms with Gasteiger partial charge >= 0.3 is 6.03 Å². The van der Waals surface area contributed by atoms with Gasteiger partial charge < -0.3 is 20.1 Å². The molecule has 30 heavy (non-hydrogen) atoms. The molecule has 0 radical (unpaired) electrons. The van der Waals surface area contributed by atoms with Crippen molar-refractivity contribution in [3.05, 3.63) is 65.2 Å². The number of anilines is 1. The van der Waals surface area contributed by atoms with Gasteiger partial charge in [0.2, 0.25) is 0 Å². The molecule has 0 aromatic heterocycles. The number of carbonyl (C=O) groups is 3. The molecule has 3 rings (SSSR count). The predicted octanol–water partition coefficient (Wildman–Crippen LogP) is 2.35. The van der Waals surface area contributed by atoms with Crippen molar-refractivity contribution in [3.63, 3.8) is 0 Å². The highest BCUT2D eigenvalue weighted by Crippen LogP contribution is 2.26. The van der Waals surface area contributed by atoms with Crippen LogP contribution in [0.3, 0.4) is 0 Å². The van der Waals surface area contributed by atoms with E-state index in [0.29, 0.717) is 30.8 Å². The highest BCUT2D eigenvalue weighted by Gasteiger charge is 2.35. The van der Waals surface area contributed by atoms with Crippen molar-refractivity contribution in [1.82, 2.24) is 9.80 Å². The zero-order valence-electron chi connectivity index (χ0n) is 16.8. The summed E-state index contributed by atoms with van der Waals surface area (Å²) in [5.41, 5.74) is 1.94. The number of benzene rings is 2. The van der Waals surface area contributed by atoms with Crippen LogP contribution in [0.15, 0.2) is 48.5 Å². The van der Waals surface area contributed by atoms with Gasteiger partial charge in [-0.1, -0.05) is 30.3 Å². The van der Waals surface area contributed by atoms with Crippen molar-refractivity contribution in [2.75, 3.05) is 38.7 Å². The first-order valence-electron chi connectivity index (χ1n) is 9.75. The summed E-state index contributed by atoms with van der Waals surface area (Å²) in [5.74, 6) is -0.714. The van der Waals surface area contributed by atoms with Gasteiger partial charge in [-0.2, -0.15) is 0 Å². The molecule has 0 aliphatic carbocycles. The number of ether oxygens (including phenoxy) is 1. The molecule has 4 amide bonds. The van der Waals surface area contributed by atoms with Crippen LogP contribution in [-0.2, 0) is 11.3 Å². The van der Waals surface area contributed by atoms with E-state index in [1.165, 1.54) is 15.9 Å². The minimum absolute atomic E-state index is 0.163. The first-order valence-corrected chi connectivity index (χ1v) is 9.75. The summed E-state index contributed by atoms with van der Waals surface area (Å²) in [4.78, 5) is 40.5. The third kappa shape index (κ3) is 4.84. The molecule has 2 aromatic carbocycles. The van der Waals surface area contributed by atoms with Gasteiger partial charge in [0, 0.05) is 39.0 Å². The topological polar surface area (TPSA) is 99.2 Å². The van der Waals surface area contributed by atoms with Gasteiger partial charge in [-0.15, -0.1) is 0 Å². The Bertz CT molecular complexity index is 916. The number of urea groups is 1. The quantitative estimate of drug-likeness (QED) is 0.487. The summed E-state index contributed by atoms with van der Waals surface area (Å²) in [6, 6.07) is 13.7. The van der Waals surface area contributed by atoms with Crippen LogP contribution in [-0.4, -0.2) is 66.2 Å². The molecule has 158 valence electrons. The Balaban J connectivity index is 1.71. The van der Waals surface area contributed by atoms with Gasteiger partial charge in [0.05, 0.1) is 17.7 Å². The van der Waals surface area contributed by atoms with Gasteiger partial charge in [0.15, 0.2) is 0 Å². The Morgan fingerprint density at radius 3 is 2.53 bits per heavy atom. The van der Waals surface area contributed by atoms with E-state index in [1.807, 2.05) is 30.3 Å². The molecule has 0 fully saturated rings. The van der Waals surface area contributed by atoms with E-state index in [2.05, 4.69) is 5.32 Å². The molecule has 0 saturated heterocycles. The van der Waals surface area contributed by atoms with Crippen LogP contribution in [0, 0.1) is 0 Å². The Kier molecular flexibility index (Phi) is 7.16. The van der Waals surface area contributed by atoms with Gasteiger partial charge in [-0.25, -0.2) is 4.79 Å². The molecule has 1 heterocycles. The average Bonchev–Trinajstić information content (AvgIpc) is 2.98. The predicted molar refractivity (Wildman–Crippen MR) is 111 cm³/mol. The number of nitrogens with zero attached hydrogens (tertiary/aromatic N) is 2. The number of aliphatic hydroxyl groups is 1. The maximum absolute atomic E-state index is 12.7. The number of amides is 4. The van der Waals surface area contributed by atoms with Gasteiger partial charge in [0.1, 0.15) is 0 Å². The van der Waals surface area contributed by atoms with Crippen LogP contribution in [0.2, 0.25) is 0 Å². The van der Waals surface area contributed by atoms with Crippen LogP contribution in [0.4, 0.5) is 10.5 Å². The monoisotopic (exact) mass is 411 g/mol. The fourth-order valence-electron chi connectivity index (χ4n) is 3.32. The van der Waals surface area contributed by atoms with Crippen molar-refractivity contribution in [3.8, 4) is 0 Å². The smallest absolute Gasteiger partial charge is 0.322 e. The third-order valence-electron chi connectivity index (χ3n) is 4.83. The summed E-state index contributed by atoms with van der Waals surface area (Å²) in [5, 5.41) is 12.1. The molecular formula is C22H25N3O5. The molecule has 0 bridgehead atoms. The first-order chi connectivity index (χ1) is 14.5. The Labute approximate surface area is 175 Å². The second-order valence-electron chi connectivity index (χ2n) is 6.93. The summed E-state index contributed by atoms with van der Waals surface area (Å²) in [6.45, 7) is 1.06. The second-order valence-corrected chi connectivity index (χ2v) is 6.93. The number of methoxy groups -OCH3 is 1. The molecule has 1 aliphatic heterocycles. The Hall–Kier alpha value is -3.23. The molecule has 0 unspecified atom stereocenters. The number of fused-ring (bicyclic) bond motifs is 1. The lowest BCUT2D eigenvalue weighted by Gasteiger charge is -2.22. The van der Waals surface area contributed by atoms with Crippen LogP contribution in [0.5, 0.6) is 0 Å². The maximum atomic E-state index is 12.7. The van der Waals surface area contributed by atoms with Crippen LogP contribution < -0.4 is 5.32 Å². The Morgan fingerprint density at radius 2 is 1.83 bits per heavy atom. The molecule has 0 saturated carbocycles. The number of hydrogen-bond acceptors (Lipinski definition) is 5. The van der Waals surface area contributed by atoms with E-state index in [1.54, 1.807) is 19.2 Å². The second kappa shape index (κ2) is 10.00. The lowest BCUT2D eigenvalue weighted by atomic mass is 10.1. The maximum Gasteiger partial charge on any atom is 0.322 e. The SMILES string of the molecule is COCCCN1C(=O)c2ccc(NC(=O)N(CCO)Cc3ccccc3)cc2C1=O. The lowest BCUT2D eigenvalue weighted by Crippen LogP contribution is -2.36. The van der Waals surface area contributed by atoms with Crippen molar-refractivity contribution in [1.29, 1.82) is 0 Å².